The summed E-state index contributed by atoms with van der Waals surface area (Å²) in [7, 11) is -1.42. The highest BCUT2D eigenvalue weighted by atomic mass is 32.3. The van der Waals surface area contributed by atoms with Gasteiger partial charge in [-0.05, 0) is 31.4 Å². The molecule has 26 heavy (non-hydrogen) atoms. The summed E-state index contributed by atoms with van der Waals surface area (Å²) in [5.74, 6) is -0.189. The van der Waals surface area contributed by atoms with Gasteiger partial charge in [-0.15, -0.1) is 10.8 Å². The van der Waals surface area contributed by atoms with Crippen LogP contribution >= 0.6 is 10.8 Å². The molecule has 3 rings (SSSR count). The summed E-state index contributed by atoms with van der Waals surface area (Å²) in [6.45, 7) is 1.84. The van der Waals surface area contributed by atoms with Crippen LogP contribution in [0.2, 0.25) is 0 Å². The first-order valence-electron chi connectivity index (χ1n) is 8.48. The van der Waals surface area contributed by atoms with Crippen LogP contribution in [-0.4, -0.2) is 62.8 Å². The highest BCUT2D eigenvalue weighted by molar-refractivity contribution is 8.22. The van der Waals surface area contributed by atoms with Gasteiger partial charge in [-0.25, -0.2) is 9.10 Å². The van der Waals surface area contributed by atoms with Gasteiger partial charge in [-0.1, -0.05) is 0 Å². The molecule has 2 saturated heterocycles. The molecular weight excluding hydrogens is 362 g/mol. The van der Waals surface area contributed by atoms with Crippen molar-refractivity contribution in [3.8, 4) is 0 Å². The third kappa shape index (κ3) is 3.63. The van der Waals surface area contributed by atoms with Crippen LogP contribution in [0, 0.1) is 10.1 Å². The number of nitrogens with zero attached hydrogens (tertiary/aromatic N) is 3. The van der Waals surface area contributed by atoms with E-state index >= 15 is 0 Å². The van der Waals surface area contributed by atoms with Crippen molar-refractivity contribution < 1.29 is 23.6 Å². The van der Waals surface area contributed by atoms with Crippen molar-refractivity contribution in [2.24, 2.45) is 0 Å². The van der Waals surface area contributed by atoms with E-state index in [9.17, 15) is 24.0 Å². The number of anilines is 1. The number of piperidine rings is 1. The summed E-state index contributed by atoms with van der Waals surface area (Å²) in [6.07, 6.45) is 2.18. The molecule has 2 fully saturated rings. The molecular formula is C16H23N3O6S. The predicted octanol–water partition coefficient (Wildman–Crippen LogP) is 2.72. The van der Waals surface area contributed by atoms with E-state index in [1.807, 2.05) is 4.90 Å². The maximum atomic E-state index is 11.6. The largest absolute Gasteiger partial charge is 0.465 e. The molecule has 2 heterocycles. The second kappa shape index (κ2) is 7.39. The zero-order chi connectivity index (χ0) is 18.9. The summed E-state index contributed by atoms with van der Waals surface area (Å²) in [5, 5.41) is 11.4. The number of hydrogen-bond donors (Lipinski definition) is 2. The van der Waals surface area contributed by atoms with Crippen molar-refractivity contribution in [3.05, 3.63) is 33.9 Å². The fraction of sp³-hybridized carbons (Fsp3) is 0.562. The van der Waals surface area contributed by atoms with Crippen LogP contribution in [0.3, 0.4) is 0 Å². The zero-order valence-corrected chi connectivity index (χ0v) is 15.4. The first-order chi connectivity index (χ1) is 12.3. The number of ether oxygens (including phenoxy) is 1. The molecule has 1 aromatic rings. The summed E-state index contributed by atoms with van der Waals surface area (Å²) in [5.41, 5.74) is 0.481. The van der Waals surface area contributed by atoms with Gasteiger partial charge in [0.15, 0.2) is 0 Å². The van der Waals surface area contributed by atoms with Crippen molar-refractivity contribution >= 4 is 28.1 Å². The molecule has 0 unspecified atom stereocenters. The van der Waals surface area contributed by atoms with Crippen LogP contribution in [0.25, 0.3) is 0 Å². The van der Waals surface area contributed by atoms with Gasteiger partial charge in [-0.3, -0.25) is 19.2 Å². The first-order valence-corrected chi connectivity index (χ1v) is 10.1. The van der Waals surface area contributed by atoms with Crippen LogP contribution in [-0.2, 0) is 4.74 Å². The smallest absolute Gasteiger partial charge is 0.338 e. The lowest BCUT2D eigenvalue weighted by atomic mass is 10.0. The maximum Gasteiger partial charge on any atom is 0.338 e. The summed E-state index contributed by atoms with van der Waals surface area (Å²) >= 11 is 0. The number of carbonyl (C=O) groups is 1. The fourth-order valence-corrected chi connectivity index (χ4v) is 5.54. The van der Waals surface area contributed by atoms with Crippen LogP contribution in [0.15, 0.2) is 18.2 Å². The SMILES string of the molecule is COC(=O)c1ccc(N2CCC(N3CCCS3(O)O)CC2)c([N+](=O)[O-])c1. The van der Waals surface area contributed by atoms with Crippen LogP contribution in [0.5, 0.6) is 0 Å². The van der Waals surface area contributed by atoms with Crippen molar-refractivity contribution in [2.45, 2.75) is 25.3 Å². The van der Waals surface area contributed by atoms with Gasteiger partial charge in [0.05, 0.1) is 23.3 Å². The Balaban J connectivity index is 1.75. The Bertz CT molecular complexity index is 705. The van der Waals surface area contributed by atoms with Crippen LogP contribution in [0.4, 0.5) is 11.4 Å². The minimum absolute atomic E-state index is 0.0761. The van der Waals surface area contributed by atoms with Gasteiger partial charge in [-0.2, -0.15) is 0 Å². The molecule has 9 nitrogen and oxygen atoms in total. The lowest BCUT2D eigenvalue weighted by Crippen LogP contribution is -2.44. The van der Waals surface area contributed by atoms with Crippen LogP contribution in [0.1, 0.15) is 29.6 Å². The summed E-state index contributed by atoms with van der Waals surface area (Å²) in [4.78, 5) is 24.5. The molecule has 10 heteroatoms. The van der Waals surface area contributed by atoms with Crippen molar-refractivity contribution in [1.82, 2.24) is 4.31 Å². The fourth-order valence-electron chi connectivity index (χ4n) is 3.68. The Morgan fingerprint density at radius 1 is 1.31 bits per heavy atom. The number of carbonyl (C=O) groups excluding carboxylic acids is 1. The van der Waals surface area contributed by atoms with E-state index in [2.05, 4.69) is 4.74 Å². The van der Waals surface area contributed by atoms with E-state index in [-0.39, 0.29) is 17.3 Å². The Hall–Kier alpha value is -1.88. The van der Waals surface area contributed by atoms with Crippen molar-refractivity contribution in [2.75, 3.05) is 37.4 Å². The van der Waals surface area contributed by atoms with Crippen LogP contribution < -0.4 is 4.90 Å². The number of hydrogen-bond acceptors (Lipinski definition) is 8. The minimum atomic E-state index is -2.65. The van der Waals surface area contributed by atoms with E-state index in [0.717, 1.165) is 6.42 Å². The second-order valence-electron chi connectivity index (χ2n) is 6.50. The van der Waals surface area contributed by atoms with Gasteiger partial charge in [0.2, 0.25) is 0 Å². The highest BCUT2D eigenvalue weighted by Crippen LogP contribution is 2.51. The maximum absolute atomic E-state index is 11.6. The molecule has 0 bridgehead atoms. The molecule has 144 valence electrons. The lowest BCUT2D eigenvalue weighted by molar-refractivity contribution is -0.384. The molecule has 0 saturated carbocycles. The molecule has 2 aliphatic rings. The average molecular weight is 385 g/mol. The highest BCUT2D eigenvalue weighted by Gasteiger charge is 2.37. The summed E-state index contributed by atoms with van der Waals surface area (Å²) < 4.78 is 26.7. The number of methoxy groups -OCH3 is 1. The van der Waals surface area contributed by atoms with E-state index in [1.54, 1.807) is 10.4 Å². The van der Waals surface area contributed by atoms with Gasteiger partial charge in [0.25, 0.3) is 5.69 Å². The Morgan fingerprint density at radius 3 is 2.54 bits per heavy atom. The molecule has 0 aromatic heterocycles. The number of benzene rings is 1. The second-order valence-corrected chi connectivity index (χ2v) is 8.64. The number of nitro benzene ring substituents is 1. The molecule has 2 N–H and O–H groups in total. The predicted molar refractivity (Wildman–Crippen MR) is 98.7 cm³/mol. The molecule has 0 aliphatic carbocycles. The lowest BCUT2D eigenvalue weighted by Gasteiger charge is -2.45. The monoisotopic (exact) mass is 385 g/mol. The first kappa shape index (κ1) is 18.9. The third-order valence-electron chi connectivity index (χ3n) is 4.98. The molecule has 0 radical (unpaired) electrons. The van der Waals surface area contributed by atoms with Gasteiger partial charge in [0, 0.05) is 31.7 Å². The van der Waals surface area contributed by atoms with E-state index < -0.39 is 21.7 Å². The third-order valence-corrected chi connectivity index (χ3v) is 7.05. The number of nitro groups is 1. The number of rotatable bonds is 4. The molecule has 0 spiro atoms. The Kier molecular flexibility index (Phi) is 5.37. The van der Waals surface area contributed by atoms with E-state index in [0.29, 0.717) is 43.9 Å². The molecule has 0 amide bonds. The standard InChI is InChI=1S/C16H23N3O6S/c1-25-16(20)12-3-4-14(15(11-12)19(21)22)17-8-5-13(6-9-17)18-7-2-10-26(18,23)24/h3-4,11,13,23-24H,2,5-10H2,1H3. The average Bonchev–Trinajstić information content (AvgIpc) is 2.99. The van der Waals surface area contributed by atoms with Crippen molar-refractivity contribution in [3.63, 3.8) is 0 Å². The molecule has 1 aromatic carbocycles. The number of esters is 1. The normalized spacial score (nSPS) is 22.2. The minimum Gasteiger partial charge on any atom is -0.465 e. The summed E-state index contributed by atoms with van der Waals surface area (Å²) in [6, 6.07) is 4.42. The van der Waals surface area contributed by atoms with E-state index in [4.69, 9.17) is 0 Å². The molecule has 0 atom stereocenters. The van der Waals surface area contributed by atoms with Gasteiger partial charge < -0.3 is 9.64 Å². The molecule has 2 aliphatic heterocycles. The van der Waals surface area contributed by atoms with Gasteiger partial charge >= 0.3 is 5.97 Å². The Labute approximate surface area is 153 Å². The van der Waals surface area contributed by atoms with Crippen molar-refractivity contribution in [1.29, 1.82) is 0 Å². The quantitative estimate of drug-likeness (QED) is 0.462. The van der Waals surface area contributed by atoms with E-state index in [1.165, 1.54) is 19.2 Å². The topological polar surface area (TPSA) is 116 Å². The zero-order valence-electron chi connectivity index (χ0n) is 14.5. The van der Waals surface area contributed by atoms with Gasteiger partial charge in [0.1, 0.15) is 5.69 Å². The Morgan fingerprint density at radius 2 is 2.00 bits per heavy atom.